The molecule has 0 spiro atoms. The van der Waals surface area contributed by atoms with Crippen molar-refractivity contribution in [2.75, 3.05) is 0 Å². The maximum absolute atomic E-state index is 13.5. The van der Waals surface area contributed by atoms with E-state index in [2.05, 4.69) is 4.98 Å². The largest absolute Gasteiger partial charge is 0.542 e. The third-order valence-corrected chi connectivity index (χ3v) is 2.24. The Kier molecular flexibility index (Phi) is 2.72. The smallest absolute Gasteiger partial charge is 0.406 e. The minimum atomic E-state index is -4.69. The van der Waals surface area contributed by atoms with Crippen molar-refractivity contribution < 1.29 is 27.5 Å². The van der Waals surface area contributed by atoms with Crippen molar-refractivity contribution in [3.63, 3.8) is 0 Å². The van der Waals surface area contributed by atoms with Gasteiger partial charge in [-0.3, -0.25) is 0 Å². The molecule has 0 atom stereocenters. The number of carboxylic acid groups (broad SMARTS) is 1. The van der Waals surface area contributed by atoms with Crippen LogP contribution in [0.4, 0.5) is 17.6 Å². The standard InChI is InChI=1S/C10H6F4N2O2/c11-5-2-1-3-6-7(5)16(4-10(12,13)14)8(15-6)9(17)18/h1-3H,4H2,(H,17,18)/p-1. The van der Waals surface area contributed by atoms with E-state index >= 15 is 0 Å². The van der Waals surface area contributed by atoms with Crippen LogP contribution < -0.4 is 5.11 Å². The number of hydrogen-bond donors (Lipinski definition) is 0. The second kappa shape index (κ2) is 3.97. The Balaban J connectivity index is 2.73. The molecule has 2 rings (SSSR count). The first-order valence-electron chi connectivity index (χ1n) is 4.72. The molecule has 0 amide bonds. The molecule has 96 valence electrons. The fraction of sp³-hybridized carbons (Fsp3) is 0.200. The number of hydrogen-bond acceptors (Lipinski definition) is 3. The van der Waals surface area contributed by atoms with E-state index in [1.807, 2.05) is 0 Å². The van der Waals surface area contributed by atoms with Crippen molar-refractivity contribution in [2.45, 2.75) is 12.7 Å². The van der Waals surface area contributed by atoms with Gasteiger partial charge >= 0.3 is 6.18 Å². The average Bonchev–Trinajstić information content (AvgIpc) is 2.56. The van der Waals surface area contributed by atoms with Crippen molar-refractivity contribution in [1.29, 1.82) is 0 Å². The van der Waals surface area contributed by atoms with Gasteiger partial charge in [0.05, 0.1) is 5.52 Å². The van der Waals surface area contributed by atoms with Crippen LogP contribution in [0.15, 0.2) is 18.2 Å². The molecule has 1 aromatic heterocycles. The lowest BCUT2D eigenvalue weighted by Crippen LogP contribution is -2.29. The first-order chi connectivity index (χ1) is 8.29. The summed E-state index contributed by atoms with van der Waals surface area (Å²) in [4.78, 5) is 14.1. The first kappa shape index (κ1) is 12.3. The number of carbonyl (C=O) groups excluding carboxylic acids is 1. The average molecular weight is 261 g/mol. The molecule has 0 saturated heterocycles. The van der Waals surface area contributed by atoms with Gasteiger partial charge in [0.2, 0.25) is 0 Å². The highest BCUT2D eigenvalue weighted by Crippen LogP contribution is 2.25. The zero-order valence-electron chi connectivity index (χ0n) is 8.66. The molecule has 1 aromatic carbocycles. The predicted octanol–water partition coefficient (Wildman–Crippen LogP) is 1.10. The van der Waals surface area contributed by atoms with Crippen LogP contribution in [0, 0.1) is 5.82 Å². The van der Waals surface area contributed by atoms with E-state index in [9.17, 15) is 27.5 Å². The molecule has 8 heteroatoms. The molecule has 0 aliphatic heterocycles. The number of carbonyl (C=O) groups is 1. The van der Waals surface area contributed by atoms with Crippen LogP contribution in [0.1, 0.15) is 10.6 Å². The van der Waals surface area contributed by atoms with Gasteiger partial charge in [-0.05, 0) is 12.1 Å². The first-order valence-corrected chi connectivity index (χ1v) is 4.72. The van der Waals surface area contributed by atoms with Crippen LogP contribution in [0.25, 0.3) is 11.0 Å². The monoisotopic (exact) mass is 261 g/mol. The molecule has 0 unspecified atom stereocenters. The number of fused-ring (bicyclic) bond motifs is 1. The molecule has 0 radical (unpaired) electrons. The van der Waals surface area contributed by atoms with Gasteiger partial charge in [0.1, 0.15) is 23.8 Å². The summed E-state index contributed by atoms with van der Waals surface area (Å²) in [5, 5.41) is 10.7. The van der Waals surface area contributed by atoms with Gasteiger partial charge in [-0.1, -0.05) is 6.07 Å². The van der Waals surface area contributed by atoms with E-state index in [0.29, 0.717) is 0 Å². The molecule has 0 saturated carbocycles. The van der Waals surface area contributed by atoms with Gasteiger partial charge in [-0.25, -0.2) is 9.37 Å². The lowest BCUT2D eigenvalue weighted by atomic mass is 10.3. The predicted molar refractivity (Wildman–Crippen MR) is 50.1 cm³/mol. The lowest BCUT2D eigenvalue weighted by Gasteiger charge is -2.12. The molecule has 4 nitrogen and oxygen atoms in total. The number of aromatic carboxylic acids is 1. The molecule has 0 aliphatic carbocycles. The number of benzene rings is 1. The second-order valence-electron chi connectivity index (χ2n) is 3.53. The van der Waals surface area contributed by atoms with Gasteiger partial charge in [-0.2, -0.15) is 13.2 Å². The third kappa shape index (κ3) is 2.13. The van der Waals surface area contributed by atoms with Gasteiger partial charge in [0.25, 0.3) is 0 Å². The summed E-state index contributed by atoms with van der Waals surface area (Å²) in [6.45, 7) is -1.65. The Labute approximate surface area is 97.5 Å². The number of imidazole rings is 1. The molecule has 0 aliphatic rings. The molecular formula is C10H5F4N2O2-. The van der Waals surface area contributed by atoms with Crippen LogP contribution in [0.2, 0.25) is 0 Å². The van der Waals surface area contributed by atoms with Crippen LogP contribution >= 0.6 is 0 Å². The maximum Gasteiger partial charge on any atom is 0.406 e. The summed E-state index contributed by atoms with van der Waals surface area (Å²) in [6.07, 6.45) is -4.69. The molecule has 0 N–H and O–H groups in total. The molecular weight excluding hydrogens is 256 g/mol. The quantitative estimate of drug-likeness (QED) is 0.760. The van der Waals surface area contributed by atoms with E-state index in [4.69, 9.17) is 0 Å². The number of para-hydroxylation sites is 1. The van der Waals surface area contributed by atoms with E-state index in [1.165, 1.54) is 12.1 Å². The Morgan fingerprint density at radius 2 is 2.06 bits per heavy atom. The zero-order valence-corrected chi connectivity index (χ0v) is 8.66. The molecule has 1 heterocycles. The van der Waals surface area contributed by atoms with Gasteiger partial charge in [0.15, 0.2) is 5.82 Å². The number of alkyl halides is 3. The minimum Gasteiger partial charge on any atom is -0.542 e. The summed E-state index contributed by atoms with van der Waals surface area (Å²) in [7, 11) is 0. The minimum absolute atomic E-state index is 0.168. The van der Waals surface area contributed by atoms with E-state index in [1.54, 1.807) is 0 Å². The highest BCUT2D eigenvalue weighted by atomic mass is 19.4. The Hall–Kier alpha value is -2.12. The number of rotatable bonds is 2. The van der Waals surface area contributed by atoms with Crippen LogP contribution in [-0.4, -0.2) is 21.7 Å². The summed E-state index contributed by atoms with van der Waals surface area (Å²) < 4.78 is 50.7. The van der Waals surface area contributed by atoms with Crippen molar-refractivity contribution in [1.82, 2.24) is 9.55 Å². The Morgan fingerprint density at radius 1 is 1.39 bits per heavy atom. The summed E-state index contributed by atoms with van der Waals surface area (Å²) in [5.74, 6) is -3.82. The fourth-order valence-corrected chi connectivity index (χ4v) is 1.63. The molecule has 18 heavy (non-hydrogen) atoms. The summed E-state index contributed by atoms with van der Waals surface area (Å²) >= 11 is 0. The maximum atomic E-state index is 13.5. The Morgan fingerprint density at radius 3 is 2.61 bits per heavy atom. The lowest BCUT2D eigenvalue weighted by molar-refractivity contribution is -0.256. The fourth-order valence-electron chi connectivity index (χ4n) is 1.63. The number of aromatic nitrogens is 2. The van der Waals surface area contributed by atoms with Crippen LogP contribution in [0.5, 0.6) is 0 Å². The van der Waals surface area contributed by atoms with E-state index in [0.717, 1.165) is 6.07 Å². The van der Waals surface area contributed by atoms with E-state index in [-0.39, 0.29) is 10.1 Å². The van der Waals surface area contributed by atoms with Crippen LogP contribution in [-0.2, 0) is 6.54 Å². The Bertz CT molecular complexity index is 618. The topological polar surface area (TPSA) is 57.9 Å². The highest BCUT2D eigenvalue weighted by Gasteiger charge is 2.31. The number of carboxylic acids is 1. The SMILES string of the molecule is O=C([O-])c1nc2cccc(F)c2n1CC(F)(F)F. The number of nitrogens with zero attached hydrogens (tertiary/aromatic N) is 2. The molecule has 2 aromatic rings. The van der Waals surface area contributed by atoms with Gasteiger partial charge < -0.3 is 14.5 Å². The second-order valence-corrected chi connectivity index (χ2v) is 3.53. The molecule has 0 bridgehead atoms. The normalized spacial score (nSPS) is 12.0. The summed E-state index contributed by atoms with van der Waals surface area (Å²) in [6, 6.07) is 3.37. The zero-order chi connectivity index (χ0) is 13.5. The van der Waals surface area contributed by atoms with Crippen molar-refractivity contribution in [3.05, 3.63) is 29.8 Å². The van der Waals surface area contributed by atoms with Crippen LogP contribution in [0.3, 0.4) is 0 Å². The van der Waals surface area contributed by atoms with Gasteiger partial charge in [0, 0.05) is 0 Å². The van der Waals surface area contributed by atoms with Crippen molar-refractivity contribution in [2.24, 2.45) is 0 Å². The van der Waals surface area contributed by atoms with Gasteiger partial charge in [-0.15, -0.1) is 0 Å². The third-order valence-electron chi connectivity index (χ3n) is 2.24. The highest BCUT2D eigenvalue weighted by molar-refractivity contribution is 5.88. The van der Waals surface area contributed by atoms with Crippen molar-refractivity contribution >= 4 is 17.0 Å². The summed E-state index contributed by atoms with van der Waals surface area (Å²) in [5.41, 5.74) is -0.674. The van der Waals surface area contributed by atoms with Crippen molar-refractivity contribution in [3.8, 4) is 0 Å². The van der Waals surface area contributed by atoms with E-state index < -0.39 is 35.8 Å². The molecule has 0 fully saturated rings. The number of halogens is 4.